The van der Waals surface area contributed by atoms with Crippen molar-refractivity contribution in [3.05, 3.63) is 35.9 Å². The zero-order chi connectivity index (χ0) is 17.6. The molecule has 1 aromatic rings. The minimum absolute atomic E-state index is 0.0374. The summed E-state index contributed by atoms with van der Waals surface area (Å²) < 4.78 is 0. The van der Waals surface area contributed by atoms with E-state index in [9.17, 15) is 9.59 Å². The quantitative estimate of drug-likeness (QED) is 0.894. The predicted molar refractivity (Wildman–Crippen MR) is 97.9 cm³/mol. The second-order valence-corrected chi connectivity index (χ2v) is 7.22. The van der Waals surface area contributed by atoms with E-state index in [0.29, 0.717) is 6.54 Å². The number of carbonyl (C=O) groups is 2. The second kappa shape index (κ2) is 8.48. The molecule has 1 aromatic carbocycles. The van der Waals surface area contributed by atoms with Crippen molar-refractivity contribution in [2.75, 3.05) is 26.2 Å². The lowest BCUT2D eigenvalue weighted by Gasteiger charge is -2.32. The summed E-state index contributed by atoms with van der Waals surface area (Å²) in [4.78, 5) is 29.1. The molecule has 25 heavy (non-hydrogen) atoms. The van der Waals surface area contributed by atoms with Crippen LogP contribution in [0.5, 0.6) is 0 Å². The number of carbonyl (C=O) groups excluding carboxylic acids is 2. The first kappa shape index (κ1) is 17.9. The first-order valence-corrected chi connectivity index (χ1v) is 9.46. The summed E-state index contributed by atoms with van der Waals surface area (Å²) in [6.45, 7) is 5.71. The molecular formula is C20H29N3O2. The average molecular weight is 343 g/mol. The van der Waals surface area contributed by atoms with Crippen LogP contribution in [-0.4, -0.2) is 53.8 Å². The minimum atomic E-state index is -0.0374. The number of hydrogen-bond donors (Lipinski definition) is 1. The van der Waals surface area contributed by atoms with Gasteiger partial charge in [-0.05, 0) is 24.8 Å². The topological polar surface area (TPSA) is 52.7 Å². The summed E-state index contributed by atoms with van der Waals surface area (Å²) in [5.74, 6) is 0.179. The predicted octanol–water partition coefficient (Wildman–Crippen LogP) is 2.03. The van der Waals surface area contributed by atoms with Crippen LogP contribution in [0.1, 0.15) is 38.2 Å². The van der Waals surface area contributed by atoms with Gasteiger partial charge in [-0.3, -0.25) is 14.5 Å². The summed E-state index contributed by atoms with van der Waals surface area (Å²) in [7, 11) is 0. The van der Waals surface area contributed by atoms with Crippen molar-refractivity contribution in [1.82, 2.24) is 15.1 Å². The molecule has 1 aliphatic heterocycles. The van der Waals surface area contributed by atoms with Crippen LogP contribution in [0, 0.1) is 5.92 Å². The van der Waals surface area contributed by atoms with Crippen LogP contribution in [0.3, 0.4) is 0 Å². The highest BCUT2D eigenvalue weighted by Crippen LogP contribution is 2.30. The summed E-state index contributed by atoms with van der Waals surface area (Å²) >= 11 is 0. The lowest BCUT2D eigenvalue weighted by atomic mass is 10.0. The molecule has 1 saturated carbocycles. The number of fused-ring (bicyclic) bond motifs is 1. The van der Waals surface area contributed by atoms with Gasteiger partial charge in [-0.2, -0.15) is 0 Å². The summed E-state index contributed by atoms with van der Waals surface area (Å²) in [5.41, 5.74) is 1.28. The smallest absolute Gasteiger partial charge is 0.225 e. The number of hydrogen-bond acceptors (Lipinski definition) is 3. The van der Waals surface area contributed by atoms with Crippen molar-refractivity contribution >= 4 is 11.8 Å². The van der Waals surface area contributed by atoms with E-state index in [-0.39, 0.29) is 23.8 Å². The lowest BCUT2D eigenvalue weighted by molar-refractivity contribution is -0.134. The highest BCUT2D eigenvalue weighted by atomic mass is 16.2. The molecule has 0 spiro atoms. The summed E-state index contributed by atoms with van der Waals surface area (Å²) in [6.07, 6.45) is 3.83. The fourth-order valence-corrected chi connectivity index (χ4v) is 4.22. The number of nitrogens with zero attached hydrogens (tertiary/aromatic N) is 2. The van der Waals surface area contributed by atoms with Gasteiger partial charge in [0.2, 0.25) is 11.8 Å². The van der Waals surface area contributed by atoms with Gasteiger partial charge in [0, 0.05) is 45.7 Å². The Morgan fingerprint density at radius 3 is 2.68 bits per heavy atom. The van der Waals surface area contributed by atoms with Crippen molar-refractivity contribution < 1.29 is 9.59 Å². The SMILES string of the molecule is CC(=O)N1CCCN(Cc2ccccc2)CCNC(=O)[C@@H]2CCC[C@@H]21. The third-order valence-electron chi connectivity index (χ3n) is 5.47. The van der Waals surface area contributed by atoms with E-state index in [2.05, 4.69) is 34.5 Å². The number of benzene rings is 1. The highest BCUT2D eigenvalue weighted by Gasteiger charge is 2.37. The Balaban J connectivity index is 1.69. The summed E-state index contributed by atoms with van der Waals surface area (Å²) in [5, 5.41) is 3.11. The molecule has 2 fully saturated rings. The summed E-state index contributed by atoms with van der Waals surface area (Å²) in [6, 6.07) is 10.5. The number of rotatable bonds is 2. The molecule has 0 aromatic heterocycles. The van der Waals surface area contributed by atoms with Crippen molar-refractivity contribution in [3.63, 3.8) is 0 Å². The highest BCUT2D eigenvalue weighted by molar-refractivity contribution is 5.81. The maximum absolute atomic E-state index is 12.6. The normalized spacial score (nSPS) is 25.8. The first-order valence-electron chi connectivity index (χ1n) is 9.46. The molecule has 3 rings (SSSR count). The zero-order valence-corrected chi connectivity index (χ0v) is 15.1. The van der Waals surface area contributed by atoms with Crippen molar-refractivity contribution in [2.24, 2.45) is 5.92 Å². The second-order valence-electron chi connectivity index (χ2n) is 7.22. The van der Waals surface area contributed by atoms with Crippen LogP contribution < -0.4 is 5.32 Å². The molecule has 5 heteroatoms. The van der Waals surface area contributed by atoms with Crippen molar-refractivity contribution in [1.29, 1.82) is 0 Å². The van der Waals surface area contributed by atoms with Gasteiger partial charge in [0.05, 0.1) is 5.92 Å². The average Bonchev–Trinajstić information content (AvgIpc) is 3.07. The Labute approximate surface area is 150 Å². The molecule has 2 atom stereocenters. The van der Waals surface area contributed by atoms with Crippen LogP contribution >= 0.6 is 0 Å². The third kappa shape index (κ3) is 4.60. The standard InChI is InChI=1S/C20H29N3O2/c1-16(24)23-13-6-12-22(15-17-7-3-2-4-8-17)14-11-21-20(25)18-9-5-10-19(18)23/h2-4,7-8,18-19H,5-6,9-15H2,1H3,(H,21,25)/t18-,19+/m1/s1. The molecule has 1 aliphatic carbocycles. The van der Waals surface area contributed by atoms with Gasteiger partial charge in [-0.15, -0.1) is 0 Å². The van der Waals surface area contributed by atoms with E-state index in [1.165, 1.54) is 5.56 Å². The molecule has 2 aliphatic rings. The Kier molecular flexibility index (Phi) is 6.08. The van der Waals surface area contributed by atoms with Crippen LogP contribution in [0.4, 0.5) is 0 Å². The Hall–Kier alpha value is -1.88. The maximum atomic E-state index is 12.6. The number of amides is 2. The molecule has 2 amide bonds. The Morgan fingerprint density at radius 1 is 1.12 bits per heavy atom. The third-order valence-corrected chi connectivity index (χ3v) is 5.47. The molecular weight excluding hydrogens is 314 g/mol. The van der Waals surface area contributed by atoms with Gasteiger partial charge >= 0.3 is 0 Å². The monoisotopic (exact) mass is 343 g/mol. The van der Waals surface area contributed by atoms with E-state index in [4.69, 9.17) is 0 Å². The molecule has 5 nitrogen and oxygen atoms in total. The molecule has 1 N–H and O–H groups in total. The molecule has 1 saturated heterocycles. The first-order chi connectivity index (χ1) is 12.1. The van der Waals surface area contributed by atoms with E-state index in [1.54, 1.807) is 6.92 Å². The van der Waals surface area contributed by atoms with Gasteiger partial charge in [0.1, 0.15) is 0 Å². The fraction of sp³-hybridized carbons (Fsp3) is 0.600. The fourth-order valence-electron chi connectivity index (χ4n) is 4.22. The van der Waals surface area contributed by atoms with E-state index >= 15 is 0 Å². The van der Waals surface area contributed by atoms with Crippen LogP contribution in [0.25, 0.3) is 0 Å². The van der Waals surface area contributed by atoms with Crippen molar-refractivity contribution in [3.8, 4) is 0 Å². The Morgan fingerprint density at radius 2 is 1.92 bits per heavy atom. The maximum Gasteiger partial charge on any atom is 0.225 e. The van der Waals surface area contributed by atoms with Crippen molar-refractivity contribution in [2.45, 2.75) is 45.2 Å². The van der Waals surface area contributed by atoms with Crippen LogP contribution in [-0.2, 0) is 16.1 Å². The van der Waals surface area contributed by atoms with Gasteiger partial charge < -0.3 is 10.2 Å². The van der Waals surface area contributed by atoms with Gasteiger partial charge in [0.15, 0.2) is 0 Å². The molecule has 0 unspecified atom stereocenters. The zero-order valence-electron chi connectivity index (χ0n) is 15.1. The van der Waals surface area contributed by atoms with Gasteiger partial charge in [-0.1, -0.05) is 36.8 Å². The molecule has 136 valence electrons. The Bertz CT molecular complexity index is 590. The molecule has 0 radical (unpaired) electrons. The minimum Gasteiger partial charge on any atom is -0.355 e. The van der Waals surface area contributed by atoms with E-state index < -0.39 is 0 Å². The van der Waals surface area contributed by atoms with Crippen LogP contribution in [0.15, 0.2) is 30.3 Å². The number of nitrogens with one attached hydrogen (secondary N) is 1. The largest absolute Gasteiger partial charge is 0.355 e. The van der Waals surface area contributed by atoms with Crippen LogP contribution in [0.2, 0.25) is 0 Å². The molecule has 0 bridgehead atoms. The van der Waals surface area contributed by atoms with E-state index in [0.717, 1.165) is 51.9 Å². The van der Waals surface area contributed by atoms with Gasteiger partial charge in [0.25, 0.3) is 0 Å². The van der Waals surface area contributed by atoms with E-state index in [1.807, 2.05) is 11.0 Å². The molecule has 1 heterocycles. The lowest BCUT2D eigenvalue weighted by Crippen LogP contribution is -2.46. The van der Waals surface area contributed by atoms with Gasteiger partial charge in [-0.25, -0.2) is 0 Å².